The molecule has 18 heavy (non-hydrogen) atoms. The summed E-state index contributed by atoms with van der Waals surface area (Å²) in [5, 5.41) is 1.43. The molecule has 3 aromatic rings. The van der Waals surface area contributed by atoms with Crippen LogP contribution in [0.5, 0.6) is 0 Å². The summed E-state index contributed by atoms with van der Waals surface area (Å²) in [4.78, 5) is 23.2. The molecule has 5 heteroatoms. The van der Waals surface area contributed by atoms with E-state index in [9.17, 15) is 4.79 Å². The molecule has 0 saturated heterocycles. The Balaban J connectivity index is 2.45. The van der Waals surface area contributed by atoms with Crippen LogP contribution in [0, 0.1) is 6.92 Å². The lowest BCUT2D eigenvalue weighted by Crippen LogP contribution is -2.15. The predicted octanol–water partition coefficient (Wildman–Crippen LogP) is 1.24. The van der Waals surface area contributed by atoms with Gasteiger partial charge >= 0.3 is 0 Å². The van der Waals surface area contributed by atoms with Crippen molar-refractivity contribution in [3.8, 4) is 0 Å². The maximum atomic E-state index is 11.9. The van der Waals surface area contributed by atoms with E-state index < -0.39 is 0 Å². The number of aromatic amines is 1. The number of benzene rings is 1. The summed E-state index contributed by atoms with van der Waals surface area (Å²) in [5.74, 6) is 0.450. The maximum Gasteiger partial charge on any atom is 0.260 e. The molecule has 0 unspecified atom stereocenters. The lowest BCUT2D eigenvalue weighted by Gasteiger charge is -2.03. The Bertz CT molecular complexity index is 807. The Morgan fingerprint density at radius 3 is 2.89 bits per heavy atom. The van der Waals surface area contributed by atoms with Crippen LogP contribution in [-0.4, -0.2) is 15.0 Å². The van der Waals surface area contributed by atoms with Gasteiger partial charge in [-0.25, -0.2) is 9.97 Å². The first-order valence-corrected chi connectivity index (χ1v) is 5.68. The van der Waals surface area contributed by atoms with Crippen molar-refractivity contribution in [2.24, 2.45) is 5.73 Å². The van der Waals surface area contributed by atoms with Gasteiger partial charge in [0.2, 0.25) is 0 Å². The second-order valence-electron chi connectivity index (χ2n) is 4.27. The van der Waals surface area contributed by atoms with Gasteiger partial charge in [-0.3, -0.25) is 4.79 Å². The molecule has 2 heterocycles. The van der Waals surface area contributed by atoms with Gasteiger partial charge in [0.25, 0.3) is 5.56 Å². The highest BCUT2D eigenvalue weighted by Crippen LogP contribution is 2.17. The number of pyridine rings is 1. The van der Waals surface area contributed by atoms with Crippen molar-refractivity contribution in [3.63, 3.8) is 0 Å². The number of nitrogens with one attached hydrogen (secondary N) is 1. The SMILES string of the molecule is Cc1ccc2nc3nc(CN)[nH]c(=O)c3cc2c1. The van der Waals surface area contributed by atoms with Gasteiger partial charge in [0.15, 0.2) is 5.65 Å². The molecule has 3 N–H and O–H groups in total. The summed E-state index contributed by atoms with van der Waals surface area (Å²) >= 11 is 0. The van der Waals surface area contributed by atoms with E-state index in [0.29, 0.717) is 16.9 Å². The minimum absolute atomic E-state index is 0.193. The third-order valence-corrected chi connectivity index (χ3v) is 2.89. The zero-order valence-electron chi connectivity index (χ0n) is 9.90. The summed E-state index contributed by atoms with van der Waals surface area (Å²) in [6.45, 7) is 2.20. The van der Waals surface area contributed by atoms with E-state index in [4.69, 9.17) is 5.73 Å². The van der Waals surface area contributed by atoms with E-state index in [0.717, 1.165) is 16.5 Å². The highest BCUT2D eigenvalue weighted by atomic mass is 16.1. The number of aryl methyl sites for hydroxylation is 1. The van der Waals surface area contributed by atoms with Crippen LogP contribution in [0.4, 0.5) is 0 Å². The average molecular weight is 240 g/mol. The number of fused-ring (bicyclic) bond motifs is 2. The van der Waals surface area contributed by atoms with Gasteiger partial charge < -0.3 is 10.7 Å². The molecule has 0 fully saturated rings. The molecule has 0 spiro atoms. The maximum absolute atomic E-state index is 11.9. The Hall–Kier alpha value is -2.27. The van der Waals surface area contributed by atoms with Crippen molar-refractivity contribution in [2.75, 3.05) is 0 Å². The number of nitrogens with zero attached hydrogens (tertiary/aromatic N) is 2. The number of rotatable bonds is 1. The molecule has 0 aliphatic heterocycles. The van der Waals surface area contributed by atoms with Gasteiger partial charge in [-0.05, 0) is 25.1 Å². The highest BCUT2D eigenvalue weighted by molar-refractivity contribution is 5.90. The van der Waals surface area contributed by atoms with E-state index in [1.54, 1.807) is 0 Å². The minimum atomic E-state index is -0.198. The van der Waals surface area contributed by atoms with Gasteiger partial charge in [0.05, 0.1) is 17.4 Å². The zero-order chi connectivity index (χ0) is 12.7. The fraction of sp³-hybridized carbons (Fsp3) is 0.154. The van der Waals surface area contributed by atoms with Crippen molar-refractivity contribution in [3.05, 3.63) is 46.0 Å². The first kappa shape index (κ1) is 10.9. The number of nitrogens with two attached hydrogens (primary N) is 1. The van der Waals surface area contributed by atoms with E-state index in [1.807, 2.05) is 31.2 Å². The van der Waals surface area contributed by atoms with Crippen LogP contribution in [0.2, 0.25) is 0 Å². The molecule has 0 bridgehead atoms. The molecule has 0 saturated carbocycles. The molecule has 0 radical (unpaired) electrons. The fourth-order valence-electron chi connectivity index (χ4n) is 1.99. The number of aromatic nitrogens is 3. The second kappa shape index (κ2) is 3.89. The first-order valence-electron chi connectivity index (χ1n) is 5.68. The van der Waals surface area contributed by atoms with Gasteiger partial charge in [-0.1, -0.05) is 11.6 Å². The predicted molar refractivity (Wildman–Crippen MR) is 70.3 cm³/mol. The number of hydrogen-bond acceptors (Lipinski definition) is 4. The summed E-state index contributed by atoms with van der Waals surface area (Å²) in [6, 6.07) is 7.72. The van der Waals surface area contributed by atoms with Crippen LogP contribution in [0.1, 0.15) is 11.4 Å². The van der Waals surface area contributed by atoms with Gasteiger partial charge in [-0.2, -0.15) is 0 Å². The van der Waals surface area contributed by atoms with E-state index in [-0.39, 0.29) is 12.1 Å². The third kappa shape index (κ3) is 1.65. The van der Waals surface area contributed by atoms with E-state index in [2.05, 4.69) is 15.0 Å². The van der Waals surface area contributed by atoms with Gasteiger partial charge in [-0.15, -0.1) is 0 Å². The Morgan fingerprint density at radius 1 is 1.28 bits per heavy atom. The highest BCUT2D eigenvalue weighted by Gasteiger charge is 2.06. The topological polar surface area (TPSA) is 84.7 Å². The molecule has 2 aromatic heterocycles. The molecule has 0 atom stereocenters. The molecular formula is C13H12N4O. The second-order valence-corrected chi connectivity index (χ2v) is 4.27. The summed E-state index contributed by atoms with van der Waals surface area (Å²) < 4.78 is 0. The molecule has 1 aromatic carbocycles. The number of H-pyrrole nitrogens is 1. The van der Waals surface area contributed by atoms with Crippen LogP contribution >= 0.6 is 0 Å². The standard InChI is InChI=1S/C13H12N4O/c1-7-2-3-10-8(4-7)5-9-12(15-10)16-11(6-14)17-13(9)18/h2-5H,6,14H2,1H3,(H,15,16,17,18). The number of hydrogen-bond donors (Lipinski definition) is 2. The van der Waals surface area contributed by atoms with Crippen LogP contribution in [0.15, 0.2) is 29.1 Å². The molecule has 90 valence electrons. The Kier molecular flexibility index (Phi) is 2.34. The quantitative estimate of drug-likeness (QED) is 0.627. The summed E-state index contributed by atoms with van der Waals surface area (Å²) in [7, 11) is 0. The molecule has 0 amide bonds. The van der Waals surface area contributed by atoms with E-state index >= 15 is 0 Å². The Morgan fingerprint density at radius 2 is 2.11 bits per heavy atom. The summed E-state index contributed by atoms with van der Waals surface area (Å²) in [6.07, 6.45) is 0. The molecule has 0 aliphatic rings. The van der Waals surface area contributed by atoms with E-state index in [1.165, 1.54) is 0 Å². The van der Waals surface area contributed by atoms with Crippen molar-refractivity contribution < 1.29 is 0 Å². The Labute approximate surface area is 103 Å². The minimum Gasteiger partial charge on any atom is -0.324 e. The summed E-state index contributed by atoms with van der Waals surface area (Å²) in [5.41, 5.74) is 7.68. The smallest absolute Gasteiger partial charge is 0.260 e. The van der Waals surface area contributed by atoms with Crippen LogP contribution in [0.3, 0.4) is 0 Å². The molecular weight excluding hydrogens is 228 g/mol. The van der Waals surface area contributed by atoms with Crippen molar-refractivity contribution in [1.82, 2.24) is 15.0 Å². The fourth-order valence-corrected chi connectivity index (χ4v) is 1.99. The largest absolute Gasteiger partial charge is 0.324 e. The average Bonchev–Trinajstić information content (AvgIpc) is 2.37. The van der Waals surface area contributed by atoms with Gasteiger partial charge in [0, 0.05) is 5.39 Å². The van der Waals surface area contributed by atoms with Crippen molar-refractivity contribution >= 4 is 21.9 Å². The third-order valence-electron chi connectivity index (χ3n) is 2.89. The van der Waals surface area contributed by atoms with Crippen LogP contribution < -0.4 is 11.3 Å². The molecule has 5 nitrogen and oxygen atoms in total. The van der Waals surface area contributed by atoms with Crippen LogP contribution in [-0.2, 0) is 6.54 Å². The normalized spacial score (nSPS) is 11.2. The molecule has 0 aliphatic carbocycles. The lowest BCUT2D eigenvalue weighted by molar-refractivity contribution is 0.908. The molecule has 3 rings (SSSR count). The monoisotopic (exact) mass is 240 g/mol. The zero-order valence-corrected chi connectivity index (χ0v) is 9.90. The lowest BCUT2D eigenvalue weighted by atomic mass is 10.1. The van der Waals surface area contributed by atoms with Crippen molar-refractivity contribution in [1.29, 1.82) is 0 Å². The van der Waals surface area contributed by atoms with Gasteiger partial charge in [0.1, 0.15) is 5.82 Å². The van der Waals surface area contributed by atoms with Crippen LogP contribution in [0.25, 0.3) is 21.9 Å². The van der Waals surface area contributed by atoms with Crippen molar-refractivity contribution in [2.45, 2.75) is 13.5 Å². The first-order chi connectivity index (χ1) is 8.67.